The molecule has 2 atom stereocenters. The lowest BCUT2D eigenvalue weighted by Gasteiger charge is -2.30. The van der Waals surface area contributed by atoms with Gasteiger partial charge in [0.1, 0.15) is 12.2 Å². The van der Waals surface area contributed by atoms with Crippen molar-refractivity contribution in [2.75, 3.05) is 13.2 Å². The highest BCUT2D eigenvalue weighted by Crippen LogP contribution is 2.29. The maximum Gasteiger partial charge on any atom is 0.258 e. The predicted octanol–water partition coefficient (Wildman–Crippen LogP) is 3.51. The molecule has 2 aliphatic rings. The average molecular weight is 439 g/mol. The van der Waals surface area contributed by atoms with Gasteiger partial charge in [-0.05, 0) is 63.2 Å². The lowest BCUT2D eigenvalue weighted by Crippen LogP contribution is -2.37. The molecule has 0 aromatic heterocycles. The van der Waals surface area contributed by atoms with Gasteiger partial charge in [-0.1, -0.05) is 12.2 Å². The van der Waals surface area contributed by atoms with Gasteiger partial charge in [-0.25, -0.2) is 20.2 Å². The standard InChI is InChI=1S/C24H30N4O4/c1-27-19(13-25)11-17-3-7-21(8-4-17)31-15-23(29)24(30)16-32-22-9-5-18(6-10-22)12-20(14-26)28-2/h11-12,17-18,21-24,29-30H,3-10,15-16H2/b19-11-,20-12+. The molecule has 0 spiro atoms. The summed E-state index contributed by atoms with van der Waals surface area (Å²) in [5, 5.41) is 38.1. The third-order valence-electron chi connectivity index (χ3n) is 6.14. The summed E-state index contributed by atoms with van der Waals surface area (Å²) in [6.07, 6.45) is 7.87. The minimum absolute atomic E-state index is 0.00187. The van der Waals surface area contributed by atoms with Gasteiger partial charge in [0.25, 0.3) is 11.4 Å². The van der Waals surface area contributed by atoms with Gasteiger partial charge in [0.2, 0.25) is 0 Å². The molecule has 8 heteroatoms. The Hall–Kier alpha value is -2.72. The van der Waals surface area contributed by atoms with Crippen LogP contribution in [-0.2, 0) is 9.47 Å². The lowest BCUT2D eigenvalue weighted by atomic mass is 9.87. The molecule has 0 heterocycles. The Balaban J connectivity index is 1.63. The van der Waals surface area contributed by atoms with Crippen molar-refractivity contribution in [3.63, 3.8) is 0 Å². The normalized spacial score (nSPS) is 28.4. The van der Waals surface area contributed by atoms with Crippen LogP contribution >= 0.6 is 0 Å². The van der Waals surface area contributed by atoms with E-state index in [1.165, 1.54) is 0 Å². The molecule has 8 nitrogen and oxygen atoms in total. The molecule has 32 heavy (non-hydrogen) atoms. The van der Waals surface area contributed by atoms with E-state index in [0.29, 0.717) is 0 Å². The van der Waals surface area contributed by atoms with E-state index in [4.69, 9.17) is 33.1 Å². The van der Waals surface area contributed by atoms with E-state index in [0.717, 1.165) is 51.4 Å². The summed E-state index contributed by atoms with van der Waals surface area (Å²) >= 11 is 0. The van der Waals surface area contributed by atoms with Crippen molar-refractivity contribution in [2.45, 2.75) is 75.8 Å². The Morgan fingerprint density at radius 1 is 0.781 bits per heavy atom. The predicted molar refractivity (Wildman–Crippen MR) is 116 cm³/mol. The van der Waals surface area contributed by atoms with Gasteiger partial charge < -0.3 is 19.7 Å². The zero-order valence-electron chi connectivity index (χ0n) is 18.2. The molecule has 2 rings (SSSR count). The van der Waals surface area contributed by atoms with Gasteiger partial charge in [0.05, 0.1) is 50.7 Å². The zero-order chi connectivity index (χ0) is 23.3. The number of aliphatic hydroxyl groups is 2. The summed E-state index contributed by atoms with van der Waals surface area (Å²) in [7, 11) is 0. The Bertz CT molecular complexity index is 724. The number of hydrogen-bond donors (Lipinski definition) is 2. The van der Waals surface area contributed by atoms with E-state index in [2.05, 4.69) is 9.69 Å². The molecular weight excluding hydrogens is 408 g/mol. The molecule has 2 N–H and O–H groups in total. The van der Waals surface area contributed by atoms with Crippen LogP contribution in [0.5, 0.6) is 0 Å². The fourth-order valence-electron chi connectivity index (χ4n) is 4.18. The number of ether oxygens (including phenoxy) is 2. The van der Waals surface area contributed by atoms with Crippen molar-refractivity contribution in [3.05, 3.63) is 46.4 Å². The van der Waals surface area contributed by atoms with Crippen molar-refractivity contribution in [1.82, 2.24) is 0 Å². The topological polar surface area (TPSA) is 115 Å². The summed E-state index contributed by atoms with van der Waals surface area (Å²) in [5.74, 6) is 0.418. The number of nitriles is 2. The second kappa shape index (κ2) is 13.6. The Labute approximate surface area is 190 Å². The van der Waals surface area contributed by atoms with Crippen LogP contribution in [0.15, 0.2) is 23.5 Å². The van der Waals surface area contributed by atoms with Gasteiger partial charge >= 0.3 is 0 Å². The monoisotopic (exact) mass is 438 g/mol. The first-order chi connectivity index (χ1) is 15.5. The van der Waals surface area contributed by atoms with Gasteiger partial charge in [0.15, 0.2) is 0 Å². The van der Waals surface area contributed by atoms with Gasteiger partial charge in [0, 0.05) is 0 Å². The van der Waals surface area contributed by atoms with E-state index in [9.17, 15) is 10.2 Å². The smallest absolute Gasteiger partial charge is 0.258 e. The molecule has 0 bridgehead atoms. The van der Waals surface area contributed by atoms with E-state index in [1.807, 2.05) is 12.1 Å². The maximum absolute atomic E-state index is 10.2. The van der Waals surface area contributed by atoms with Crippen LogP contribution in [0.2, 0.25) is 0 Å². The van der Waals surface area contributed by atoms with Crippen molar-refractivity contribution in [1.29, 1.82) is 10.5 Å². The number of hydrogen-bond acceptors (Lipinski definition) is 6. The third kappa shape index (κ3) is 8.43. The Morgan fingerprint density at radius 2 is 1.12 bits per heavy atom. The van der Waals surface area contributed by atoms with Crippen LogP contribution in [0.1, 0.15) is 51.4 Å². The van der Waals surface area contributed by atoms with Crippen LogP contribution in [-0.4, -0.2) is 47.8 Å². The van der Waals surface area contributed by atoms with Gasteiger partial charge in [-0.2, -0.15) is 0 Å². The second-order valence-corrected chi connectivity index (χ2v) is 8.43. The van der Waals surface area contributed by atoms with Crippen molar-refractivity contribution in [2.24, 2.45) is 11.8 Å². The molecular formula is C24H30N4O4. The molecule has 170 valence electrons. The van der Waals surface area contributed by atoms with Crippen LogP contribution in [0.25, 0.3) is 9.69 Å². The number of rotatable bonds is 9. The second-order valence-electron chi connectivity index (χ2n) is 8.43. The summed E-state index contributed by atoms with van der Waals surface area (Å²) < 4.78 is 11.5. The Kier molecular flexibility index (Phi) is 10.9. The first-order valence-corrected chi connectivity index (χ1v) is 11.1. The molecule has 0 aromatic carbocycles. The van der Waals surface area contributed by atoms with Crippen LogP contribution in [0.4, 0.5) is 0 Å². The first kappa shape index (κ1) is 25.5. The van der Waals surface area contributed by atoms with Gasteiger partial charge in [-0.15, -0.1) is 0 Å². The van der Waals surface area contributed by atoms with E-state index in [-0.39, 0.29) is 48.7 Å². The number of allylic oxidation sites excluding steroid dienone is 4. The summed E-state index contributed by atoms with van der Waals surface area (Å²) in [5.41, 5.74) is 0.265. The molecule has 2 aliphatic carbocycles. The fourth-order valence-corrected chi connectivity index (χ4v) is 4.18. The fraction of sp³-hybridized carbons (Fsp3) is 0.667. The van der Waals surface area contributed by atoms with Crippen LogP contribution in [0, 0.1) is 47.6 Å². The van der Waals surface area contributed by atoms with Crippen LogP contribution in [0.3, 0.4) is 0 Å². The largest absolute Gasteiger partial charge is 0.388 e. The molecule has 0 saturated heterocycles. The maximum atomic E-state index is 10.2. The van der Waals surface area contributed by atoms with Crippen molar-refractivity contribution in [3.8, 4) is 12.1 Å². The van der Waals surface area contributed by atoms with E-state index >= 15 is 0 Å². The zero-order valence-corrected chi connectivity index (χ0v) is 18.2. The third-order valence-corrected chi connectivity index (χ3v) is 6.14. The Morgan fingerprint density at radius 3 is 1.41 bits per heavy atom. The minimum Gasteiger partial charge on any atom is -0.388 e. The van der Waals surface area contributed by atoms with Crippen molar-refractivity contribution < 1.29 is 19.7 Å². The quantitative estimate of drug-likeness (QED) is 0.420. The first-order valence-electron chi connectivity index (χ1n) is 11.1. The highest BCUT2D eigenvalue weighted by molar-refractivity contribution is 5.28. The average Bonchev–Trinajstić information content (AvgIpc) is 2.84. The molecule has 0 radical (unpaired) electrons. The molecule has 2 fully saturated rings. The minimum atomic E-state index is -1.03. The summed E-state index contributed by atoms with van der Waals surface area (Å²) in [6.45, 7) is 14.0. The number of nitrogens with zero attached hydrogens (tertiary/aromatic N) is 4. The van der Waals surface area contributed by atoms with Gasteiger partial charge in [-0.3, -0.25) is 0 Å². The number of aliphatic hydroxyl groups excluding tert-OH is 2. The van der Waals surface area contributed by atoms with E-state index in [1.54, 1.807) is 12.2 Å². The lowest BCUT2D eigenvalue weighted by molar-refractivity contribution is -0.104. The highest BCUT2D eigenvalue weighted by Gasteiger charge is 2.26. The van der Waals surface area contributed by atoms with Crippen LogP contribution < -0.4 is 0 Å². The summed E-state index contributed by atoms with van der Waals surface area (Å²) in [6, 6.07) is 3.78. The molecule has 0 aliphatic heterocycles. The summed E-state index contributed by atoms with van der Waals surface area (Å²) in [4.78, 5) is 6.39. The van der Waals surface area contributed by atoms with Crippen molar-refractivity contribution >= 4 is 0 Å². The molecule has 2 saturated carbocycles. The molecule has 0 amide bonds. The molecule has 2 unspecified atom stereocenters. The molecule has 0 aromatic rings. The van der Waals surface area contributed by atoms with E-state index < -0.39 is 12.2 Å². The SMILES string of the molecule is [C-]#[N+]/C(C#N)=C\C1CCC(OCC(O)C(O)COC2CCC(/C=C(\C#N)[N+]#[C-])CC2)CC1. The highest BCUT2D eigenvalue weighted by atomic mass is 16.5.